The van der Waals surface area contributed by atoms with Crippen LogP contribution in [-0.4, -0.2) is 24.6 Å². The molecule has 0 saturated heterocycles. The Morgan fingerprint density at radius 1 is 1.71 bits per heavy atom. The number of ether oxygens (including phenoxy) is 1. The molecule has 5 heteroatoms. The van der Waals surface area contributed by atoms with Crippen LogP contribution in [-0.2, 0) is 16.1 Å². The maximum atomic E-state index is 10.8. The average Bonchev–Trinajstić information content (AvgIpc) is 2.58. The van der Waals surface area contributed by atoms with Crippen LogP contribution in [0.4, 0.5) is 0 Å². The smallest absolute Gasteiger partial charge is 0.306 e. The third kappa shape index (κ3) is 3.43. The fourth-order valence-corrected chi connectivity index (χ4v) is 1.74. The van der Waals surface area contributed by atoms with Crippen molar-refractivity contribution in [3.8, 4) is 0 Å². The number of nitrogens with zero attached hydrogens (tertiary/aromatic N) is 1. The summed E-state index contributed by atoms with van der Waals surface area (Å²) in [4.78, 5) is 16.1. The molecule has 4 nitrogen and oxygen atoms in total. The monoisotopic (exact) mass is 214 g/mol. The van der Waals surface area contributed by atoms with Gasteiger partial charge in [-0.3, -0.25) is 4.79 Å². The van der Waals surface area contributed by atoms with Gasteiger partial charge in [-0.15, -0.1) is 11.3 Å². The predicted octanol–water partition coefficient (Wildman–Crippen LogP) is 1.10. The lowest BCUT2D eigenvalue weighted by atomic mass is 10.3. The van der Waals surface area contributed by atoms with Crippen LogP contribution in [0.2, 0.25) is 0 Å². The van der Waals surface area contributed by atoms with E-state index >= 15 is 0 Å². The molecular weight excluding hydrogens is 200 g/mol. The molecule has 0 unspecified atom stereocenters. The summed E-state index contributed by atoms with van der Waals surface area (Å²) >= 11 is 1.62. The number of nitrogens with one attached hydrogen (secondary N) is 1. The van der Waals surface area contributed by atoms with E-state index in [1.54, 1.807) is 11.3 Å². The number of aromatic nitrogens is 1. The Labute approximate surface area is 87.3 Å². The fourth-order valence-electron chi connectivity index (χ4n) is 0.990. The van der Waals surface area contributed by atoms with Crippen molar-refractivity contribution in [1.29, 1.82) is 0 Å². The molecule has 0 aliphatic rings. The summed E-state index contributed by atoms with van der Waals surface area (Å²) in [5.74, 6) is -0.182. The van der Waals surface area contributed by atoms with E-state index in [2.05, 4.69) is 15.0 Å². The van der Waals surface area contributed by atoms with Crippen molar-refractivity contribution in [2.45, 2.75) is 19.9 Å². The molecule has 0 spiro atoms. The molecule has 1 N–H and O–H groups in total. The van der Waals surface area contributed by atoms with E-state index in [9.17, 15) is 4.79 Å². The topological polar surface area (TPSA) is 51.2 Å². The van der Waals surface area contributed by atoms with E-state index in [4.69, 9.17) is 0 Å². The number of thiazole rings is 1. The van der Waals surface area contributed by atoms with Gasteiger partial charge < -0.3 is 10.1 Å². The largest absolute Gasteiger partial charge is 0.469 e. The summed E-state index contributed by atoms with van der Waals surface area (Å²) < 4.78 is 4.52. The van der Waals surface area contributed by atoms with Crippen LogP contribution in [0.5, 0.6) is 0 Å². The number of carbonyl (C=O) groups excluding carboxylic acids is 1. The van der Waals surface area contributed by atoms with Crippen LogP contribution >= 0.6 is 11.3 Å². The van der Waals surface area contributed by atoms with Gasteiger partial charge in [0.15, 0.2) is 0 Å². The highest BCUT2D eigenvalue weighted by Crippen LogP contribution is 2.10. The van der Waals surface area contributed by atoms with Gasteiger partial charge in [0, 0.05) is 18.0 Å². The van der Waals surface area contributed by atoms with Crippen LogP contribution < -0.4 is 5.32 Å². The zero-order valence-electron chi connectivity index (χ0n) is 8.37. The quantitative estimate of drug-likeness (QED) is 0.589. The molecule has 1 rings (SSSR count). The summed E-state index contributed by atoms with van der Waals surface area (Å²) in [5.41, 5.74) is 2.88. The molecule has 0 atom stereocenters. The van der Waals surface area contributed by atoms with Gasteiger partial charge in [0.05, 0.1) is 24.7 Å². The minimum atomic E-state index is -0.182. The minimum Gasteiger partial charge on any atom is -0.469 e. The van der Waals surface area contributed by atoms with Crippen LogP contribution in [0.1, 0.15) is 17.0 Å². The highest BCUT2D eigenvalue weighted by atomic mass is 32.1. The van der Waals surface area contributed by atoms with Gasteiger partial charge in [-0.25, -0.2) is 4.98 Å². The molecule has 0 aliphatic heterocycles. The molecule has 0 bridgehead atoms. The summed E-state index contributed by atoms with van der Waals surface area (Å²) in [5, 5.41) is 3.16. The molecule has 0 saturated carbocycles. The summed E-state index contributed by atoms with van der Waals surface area (Å²) in [6.07, 6.45) is 0.411. The van der Waals surface area contributed by atoms with Crippen molar-refractivity contribution < 1.29 is 9.53 Å². The first-order valence-corrected chi connectivity index (χ1v) is 5.28. The first kappa shape index (κ1) is 11.1. The third-order valence-corrected chi connectivity index (χ3v) is 2.80. The lowest BCUT2D eigenvalue weighted by molar-refractivity contribution is -0.140. The Balaban J connectivity index is 2.16. The number of esters is 1. The molecular formula is C9H14N2O2S. The van der Waals surface area contributed by atoms with E-state index in [-0.39, 0.29) is 5.97 Å². The summed E-state index contributed by atoms with van der Waals surface area (Å²) in [6, 6.07) is 0. The number of aryl methyl sites for hydroxylation is 1. The number of rotatable bonds is 5. The van der Waals surface area contributed by atoms with E-state index in [1.165, 1.54) is 12.0 Å². The molecule has 1 heterocycles. The minimum absolute atomic E-state index is 0.182. The van der Waals surface area contributed by atoms with Gasteiger partial charge in [0.2, 0.25) is 0 Å². The van der Waals surface area contributed by atoms with Crippen LogP contribution in [0.15, 0.2) is 5.51 Å². The molecule has 14 heavy (non-hydrogen) atoms. The highest BCUT2D eigenvalue weighted by molar-refractivity contribution is 7.09. The fraction of sp³-hybridized carbons (Fsp3) is 0.556. The average molecular weight is 214 g/mol. The molecule has 0 aliphatic carbocycles. The third-order valence-electron chi connectivity index (χ3n) is 1.86. The number of carbonyl (C=O) groups is 1. The zero-order chi connectivity index (χ0) is 10.4. The van der Waals surface area contributed by atoms with Gasteiger partial charge >= 0.3 is 5.97 Å². The predicted molar refractivity (Wildman–Crippen MR) is 55.2 cm³/mol. The van der Waals surface area contributed by atoms with Crippen LogP contribution in [0.3, 0.4) is 0 Å². The van der Waals surface area contributed by atoms with E-state index in [0.717, 1.165) is 12.2 Å². The zero-order valence-corrected chi connectivity index (χ0v) is 9.19. The molecule has 0 fully saturated rings. The van der Waals surface area contributed by atoms with Crippen molar-refractivity contribution in [2.24, 2.45) is 0 Å². The van der Waals surface area contributed by atoms with E-state index in [0.29, 0.717) is 13.0 Å². The van der Waals surface area contributed by atoms with Crippen molar-refractivity contribution in [1.82, 2.24) is 10.3 Å². The van der Waals surface area contributed by atoms with Crippen molar-refractivity contribution >= 4 is 17.3 Å². The molecule has 0 amide bonds. The highest BCUT2D eigenvalue weighted by Gasteiger charge is 2.02. The van der Waals surface area contributed by atoms with Gasteiger partial charge in [0.1, 0.15) is 0 Å². The lowest BCUT2D eigenvalue weighted by Crippen LogP contribution is -2.18. The summed E-state index contributed by atoms with van der Waals surface area (Å²) in [7, 11) is 1.40. The maximum Gasteiger partial charge on any atom is 0.306 e. The first-order chi connectivity index (χ1) is 6.74. The molecule has 0 aromatic carbocycles. The number of methoxy groups -OCH3 is 1. The Morgan fingerprint density at radius 2 is 2.50 bits per heavy atom. The second-order valence-electron chi connectivity index (χ2n) is 2.86. The Bertz CT molecular complexity index is 299. The lowest BCUT2D eigenvalue weighted by Gasteiger charge is -2.02. The second-order valence-corrected chi connectivity index (χ2v) is 3.80. The number of hydrogen-bond acceptors (Lipinski definition) is 5. The van der Waals surface area contributed by atoms with Crippen molar-refractivity contribution in [2.75, 3.05) is 13.7 Å². The van der Waals surface area contributed by atoms with E-state index in [1.807, 2.05) is 12.4 Å². The van der Waals surface area contributed by atoms with E-state index < -0.39 is 0 Å². The normalized spacial score (nSPS) is 10.1. The molecule has 1 aromatic rings. The summed E-state index contributed by atoms with van der Waals surface area (Å²) in [6.45, 7) is 3.39. The van der Waals surface area contributed by atoms with Crippen molar-refractivity contribution in [3.05, 3.63) is 16.1 Å². The van der Waals surface area contributed by atoms with Crippen molar-refractivity contribution in [3.63, 3.8) is 0 Å². The molecule has 1 aromatic heterocycles. The SMILES string of the molecule is COC(=O)CCNCc1scnc1C. The Kier molecular flexibility index (Phi) is 4.55. The second kappa shape index (κ2) is 5.72. The van der Waals surface area contributed by atoms with Gasteiger partial charge in [-0.05, 0) is 6.92 Å². The first-order valence-electron chi connectivity index (χ1n) is 4.40. The number of hydrogen-bond donors (Lipinski definition) is 1. The Hall–Kier alpha value is -0.940. The van der Waals surface area contributed by atoms with Gasteiger partial charge in [-0.1, -0.05) is 0 Å². The standard InChI is InChI=1S/C9H14N2O2S/c1-7-8(14-6-11-7)5-10-4-3-9(12)13-2/h6,10H,3-5H2,1-2H3. The van der Waals surface area contributed by atoms with Gasteiger partial charge in [0.25, 0.3) is 0 Å². The van der Waals surface area contributed by atoms with Crippen LogP contribution in [0.25, 0.3) is 0 Å². The Morgan fingerprint density at radius 3 is 3.07 bits per heavy atom. The molecule has 0 radical (unpaired) electrons. The molecule has 78 valence electrons. The van der Waals surface area contributed by atoms with Gasteiger partial charge in [-0.2, -0.15) is 0 Å². The maximum absolute atomic E-state index is 10.8. The van der Waals surface area contributed by atoms with Crippen LogP contribution in [0, 0.1) is 6.92 Å².